The molecule has 0 saturated carbocycles. The third-order valence-electron chi connectivity index (χ3n) is 0. The topological polar surface area (TPSA) is 190 Å². The van der Waals surface area contributed by atoms with Crippen LogP contribution in [0.2, 0.25) is 0 Å². The number of carbonyl (C=O) groups excluding carboxylic acids is 3. The minimum absolute atomic E-state index is 0. The molecule has 0 rings (SSSR count). The van der Waals surface area contributed by atoms with Gasteiger partial charge in [-0.25, -0.2) is 0 Å². The van der Waals surface area contributed by atoms with Gasteiger partial charge in [-0.15, -0.1) is 0 Å². The van der Waals surface area contributed by atoms with Gasteiger partial charge in [0.25, 0.3) is 0 Å². The maximum Gasteiger partial charge on any atom is 3.00 e. The van der Waals surface area contributed by atoms with Crippen molar-refractivity contribution in [3.8, 4) is 0 Å². The molecule has 0 amide bonds. The summed E-state index contributed by atoms with van der Waals surface area (Å²) in [7, 11) is 0. The first-order valence-electron chi connectivity index (χ1n) is 1.84. The average molecular weight is 589 g/mol. The molecule has 0 unspecified atom stereocenters. The van der Waals surface area contributed by atoms with Crippen LogP contribution >= 0.6 is 0 Å². The fraction of sp³-hybridized carbons (Fsp3) is 0. The van der Waals surface area contributed by atoms with E-state index in [-0.39, 0.29) is 54.6 Å². The fourth-order valence-electron chi connectivity index (χ4n) is 0. The van der Waals surface area contributed by atoms with Crippen LogP contribution in [0.15, 0.2) is 0 Å². The molecule has 0 aliphatic heterocycles. The van der Waals surface area contributed by atoms with Crippen molar-refractivity contribution in [2.75, 3.05) is 0 Å². The Hall–Kier alpha value is -0.346. The zero-order chi connectivity index (χ0) is 10.7. The number of carbonyl (C=O) groups is 3. The molecule has 0 heterocycles. The Kier molecular flexibility index (Phi) is 47.9. The normalized spacial score (nSPS) is 5.14. The first-order valence-corrected chi connectivity index (χ1v) is 1.84. The SMILES string of the molecule is O=C([O-])[O-].O=C([O-])[O-].O=C([O-])[O-].[Tl+3].[Tl+3]. The van der Waals surface area contributed by atoms with Crippen molar-refractivity contribution in [2.45, 2.75) is 0 Å². The molecule has 0 fully saturated rings. The Morgan fingerprint density at radius 1 is 0.500 bits per heavy atom. The van der Waals surface area contributed by atoms with Gasteiger partial charge >= 0.3 is 54.6 Å². The number of carboxylic acid groups (broad SMARTS) is 6. The summed E-state index contributed by atoms with van der Waals surface area (Å²) in [6.07, 6.45) is -7.00. The smallest absolute Gasteiger partial charge is 0.652 e. The first kappa shape index (κ1) is 29.2. The zero-order valence-electron chi connectivity index (χ0n) is 6.33. The van der Waals surface area contributed by atoms with Crippen molar-refractivity contribution in [1.29, 1.82) is 0 Å². The molecule has 0 bridgehead atoms. The van der Waals surface area contributed by atoms with Gasteiger partial charge in [-0.2, -0.15) is 0 Å². The van der Waals surface area contributed by atoms with Gasteiger partial charge in [-0.3, -0.25) is 0 Å². The molecule has 0 saturated heterocycles. The van der Waals surface area contributed by atoms with Gasteiger partial charge in [-0.05, 0) is 18.5 Å². The zero-order valence-corrected chi connectivity index (χ0v) is 15.3. The Morgan fingerprint density at radius 3 is 0.500 bits per heavy atom. The second-order valence-corrected chi connectivity index (χ2v) is 0.750. The van der Waals surface area contributed by atoms with Crippen molar-refractivity contribution in [3.63, 3.8) is 0 Å². The molecular formula is C3O9Tl2. The molecule has 0 aliphatic rings. The van der Waals surface area contributed by atoms with Crippen LogP contribution in [0, 0.1) is 0 Å². The van der Waals surface area contributed by atoms with Gasteiger partial charge in [0.2, 0.25) is 0 Å². The standard InChI is InChI=1S/3CH2O3.2Tl/c3*2-1(3)4;;/h3*(H2,2,3,4);;/q;;;2*+3/p-6. The molecule has 0 aromatic heterocycles. The van der Waals surface area contributed by atoms with Gasteiger partial charge < -0.3 is 45.0 Å². The Bertz CT molecular complexity index is 116. The van der Waals surface area contributed by atoms with Crippen molar-refractivity contribution in [2.24, 2.45) is 0 Å². The van der Waals surface area contributed by atoms with E-state index in [4.69, 9.17) is 45.0 Å². The molecule has 11 heteroatoms. The third-order valence-corrected chi connectivity index (χ3v) is 0. The Labute approximate surface area is 117 Å². The molecule has 0 radical (unpaired) electrons. The van der Waals surface area contributed by atoms with Gasteiger partial charge in [0.05, 0.1) is 0 Å². The van der Waals surface area contributed by atoms with Crippen molar-refractivity contribution in [3.05, 3.63) is 0 Å². The summed E-state index contributed by atoms with van der Waals surface area (Å²) < 4.78 is 0. The van der Waals surface area contributed by atoms with Crippen molar-refractivity contribution >= 4 is 73.1 Å². The minimum atomic E-state index is -2.33. The summed E-state index contributed by atoms with van der Waals surface area (Å²) in [5.41, 5.74) is 0. The van der Waals surface area contributed by atoms with E-state index in [1.807, 2.05) is 0 Å². The van der Waals surface area contributed by atoms with E-state index in [9.17, 15) is 0 Å². The number of hydrogen-bond acceptors (Lipinski definition) is 9. The number of hydrogen-bond donors (Lipinski definition) is 0. The Morgan fingerprint density at radius 2 is 0.500 bits per heavy atom. The van der Waals surface area contributed by atoms with Gasteiger partial charge in [-0.1, -0.05) is 0 Å². The van der Waals surface area contributed by atoms with Crippen LogP contribution in [0.4, 0.5) is 14.4 Å². The van der Waals surface area contributed by atoms with Gasteiger partial charge in [0.15, 0.2) is 0 Å². The largest absolute Gasteiger partial charge is 3.00 e. The maximum absolute atomic E-state index is 8.33. The summed E-state index contributed by atoms with van der Waals surface area (Å²) >= 11 is 0. The van der Waals surface area contributed by atoms with E-state index in [0.29, 0.717) is 0 Å². The van der Waals surface area contributed by atoms with Crippen LogP contribution in [0.3, 0.4) is 0 Å². The monoisotopic (exact) mass is 590 g/mol. The first-order chi connectivity index (χ1) is 5.20. The van der Waals surface area contributed by atoms with E-state index < -0.39 is 18.5 Å². The average Bonchev–Trinajstić information content (AvgIpc) is 1.54. The summed E-state index contributed by atoms with van der Waals surface area (Å²) in [6.45, 7) is 0. The van der Waals surface area contributed by atoms with Crippen LogP contribution in [0.25, 0.3) is 0 Å². The molecule has 14 heavy (non-hydrogen) atoms. The molecule has 0 atom stereocenters. The summed E-state index contributed by atoms with van der Waals surface area (Å²) in [6, 6.07) is 0. The maximum atomic E-state index is 8.33. The predicted octanol–water partition coefficient (Wildman–Crippen LogP) is -8.10. The van der Waals surface area contributed by atoms with E-state index >= 15 is 0 Å². The van der Waals surface area contributed by atoms with Crippen molar-refractivity contribution < 1.29 is 45.0 Å². The van der Waals surface area contributed by atoms with Crippen LogP contribution in [0.5, 0.6) is 0 Å². The molecule has 0 aromatic rings. The quantitative estimate of drug-likeness (QED) is 0.247. The van der Waals surface area contributed by atoms with Crippen LogP contribution in [0.1, 0.15) is 0 Å². The van der Waals surface area contributed by atoms with Crippen molar-refractivity contribution in [1.82, 2.24) is 0 Å². The van der Waals surface area contributed by atoms with Gasteiger partial charge in [0.1, 0.15) is 0 Å². The van der Waals surface area contributed by atoms with E-state index in [2.05, 4.69) is 0 Å². The van der Waals surface area contributed by atoms with Gasteiger partial charge in [0, 0.05) is 0 Å². The van der Waals surface area contributed by atoms with E-state index in [0.717, 1.165) is 0 Å². The molecular weight excluding hydrogens is 589 g/mol. The number of rotatable bonds is 0. The molecule has 0 N–H and O–H groups in total. The molecule has 0 spiro atoms. The second kappa shape index (κ2) is 22.9. The van der Waals surface area contributed by atoms with E-state index in [1.54, 1.807) is 0 Å². The van der Waals surface area contributed by atoms with Crippen LogP contribution in [-0.2, 0) is 0 Å². The predicted molar refractivity (Wildman–Crippen MR) is 27.7 cm³/mol. The third kappa shape index (κ3) is 11100. The van der Waals surface area contributed by atoms with Crippen LogP contribution in [-0.4, -0.2) is 73.1 Å². The second-order valence-electron chi connectivity index (χ2n) is 0.750. The molecule has 9 nitrogen and oxygen atoms in total. The molecule has 0 aromatic carbocycles. The fourth-order valence-corrected chi connectivity index (χ4v) is 0. The summed E-state index contributed by atoms with van der Waals surface area (Å²) in [5.74, 6) is 0. The summed E-state index contributed by atoms with van der Waals surface area (Å²) in [4.78, 5) is 25.0. The summed E-state index contributed by atoms with van der Waals surface area (Å²) in [5, 5.41) is 50.0. The van der Waals surface area contributed by atoms with E-state index in [1.165, 1.54) is 0 Å². The molecule has 72 valence electrons. The minimum Gasteiger partial charge on any atom is -0.652 e. The molecule has 0 aliphatic carbocycles. The van der Waals surface area contributed by atoms with Crippen LogP contribution < -0.4 is 30.6 Å². The Balaban J connectivity index is -0.0000000270.